The van der Waals surface area contributed by atoms with Crippen LogP contribution in [-0.4, -0.2) is 22.1 Å². The minimum atomic E-state index is -0.983. The number of nitrogens with zero attached hydrogens (tertiary/aromatic N) is 1. The topological polar surface area (TPSA) is 112 Å². The van der Waals surface area contributed by atoms with E-state index in [1.54, 1.807) is 25.1 Å². The number of hydrogen-bond donors (Lipinski definition) is 2. The quantitative estimate of drug-likeness (QED) is 0.330. The molecule has 20 heavy (non-hydrogen) atoms. The maximum Gasteiger partial charge on any atom is 0.282 e. The van der Waals surface area contributed by atoms with Gasteiger partial charge in [-0.05, 0) is 31.6 Å². The monoisotopic (exact) mass is 297 g/mol. The Bertz CT molecular complexity index is 492. The predicted octanol–water partition coefficient (Wildman–Crippen LogP) is 2.06. The van der Waals surface area contributed by atoms with Gasteiger partial charge in [-0.2, -0.15) is 0 Å². The Morgan fingerprint density at radius 2 is 2.05 bits per heavy atom. The van der Waals surface area contributed by atoms with Crippen LogP contribution in [0.1, 0.15) is 26.2 Å². The summed E-state index contributed by atoms with van der Waals surface area (Å²) < 4.78 is 0. The second kappa shape index (κ2) is 7.25. The molecule has 0 spiro atoms. The Labute approximate surface area is 122 Å². The molecule has 0 saturated heterocycles. The molecule has 1 aromatic rings. The number of unbranched alkanes of at least 4 members (excludes halogenated alkanes) is 1. The van der Waals surface area contributed by atoms with Crippen molar-refractivity contribution in [2.75, 3.05) is 5.75 Å². The van der Waals surface area contributed by atoms with Crippen LogP contribution in [0.25, 0.3) is 0 Å². The lowest BCUT2D eigenvalue weighted by atomic mass is 9.96. The molecule has 0 radical (unpaired) electrons. The van der Waals surface area contributed by atoms with E-state index in [9.17, 15) is 14.9 Å². The Balaban J connectivity index is 2.39. The molecule has 0 aliphatic rings. The van der Waals surface area contributed by atoms with Gasteiger partial charge in [0.1, 0.15) is 0 Å². The summed E-state index contributed by atoms with van der Waals surface area (Å²) in [6, 6.07) is 6.65. The number of nitro benzene ring substituents is 1. The number of rotatable bonds is 8. The molecule has 110 valence electrons. The number of nitro groups is 1. The highest BCUT2D eigenvalue weighted by molar-refractivity contribution is 7.99. The van der Waals surface area contributed by atoms with Crippen molar-refractivity contribution in [1.29, 1.82) is 0 Å². The molecule has 1 aromatic carbocycles. The number of amides is 1. The number of thioether (sulfide) groups is 1. The lowest BCUT2D eigenvalue weighted by molar-refractivity contribution is -0.387. The fraction of sp³-hybridized carbons (Fsp3) is 0.462. The van der Waals surface area contributed by atoms with Gasteiger partial charge >= 0.3 is 0 Å². The summed E-state index contributed by atoms with van der Waals surface area (Å²) in [5.74, 6) is 0.225. The van der Waals surface area contributed by atoms with E-state index >= 15 is 0 Å². The molecule has 1 rings (SSSR count). The van der Waals surface area contributed by atoms with Gasteiger partial charge in [-0.1, -0.05) is 18.6 Å². The lowest BCUT2D eigenvalue weighted by Gasteiger charge is -2.19. The highest BCUT2D eigenvalue weighted by Gasteiger charge is 2.24. The second-order valence-electron chi connectivity index (χ2n) is 4.81. The summed E-state index contributed by atoms with van der Waals surface area (Å²) in [5.41, 5.74) is 10.1. The average molecular weight is 297 g/mol. The van der Waals surface area contributed by atoms with Crippen LogP contribution in [-0.2, 0) is 4.79 Å². The van der Waals surface area contributed by atoms with Crippen LogP contribution in [0.5, 0.6) is 0 Å². The average Bonchev–Trinajstić information content (AvgIpc) is 2.38. The summed E-state index contributed by atoms with van der Waals surface area (Å²) in [6.45, 7) is 1.62. The number of primary amides is 1. The number of carbonyl (C=O) groups is 1. The normalized spacial score (nSPS) is 13.7. The van der Waals surface area contributed by atoms with Gasteiger partial charge < -0.3 is 11.5 Å². The molecule has 0 aliphatic heterocycles. The van der Waals surface area contributed by atoms with Crippen molar-refractivity contribution >= 4 is 23.4 Å². The SMILES string of the molecule is CC(N)(CCCCSc1ccccc1[N+](=O)[O-])C(N)=O. The van der Waals surface area contributed by atoms with E-state index in [1.165, 1.54) is 17.8 Å². The zero-order valence-electron chi connectivity index (χ0n) is 11.4. The third kappa shape index (κ3) is 4.82. The smallest absolute Gasteiger partial charge is 0.282 e. The van der Waals surface area contributed by atoms with Crippen LogP contribution in [0.15, 0.2) is 29.2 Å². The number of benzene rings is 1. The first-order valence-electron chi connectivity index (χ1n) is 6.29. The van der Waals surface area contributed by atoms with Crippen LogP contribution < -0.4 is 11.5 Å². The van der Waals surface area contributed by atoms with Gasteiger partial charge in [0.15, 0.2) is 0 Å². The lowest BCUT2D eigenvalue weighted by Crippen LogP contribution is -2.49. The van der Waals surface area contributed by atoms with E-state index in [2.05, 4.69) is 0 Å². The molecule has 0 bridgehead atoms. The second-order valence-corrected chi connectivity index (χ2v) is 5.95. The number of hydrogen-bond acceptors (Lipinski definition) is 5. The summed E-state index contributed by atoms with van der Waals surface area (Å²) >= 11 is 1.44. The van der Waals surface area contributed by atoms with Gasteiger partial charge in [-0.3, -0.25) is 14.9 Å². The summed E-state index contributed by atoms with van der Waals surface area (Å²) in [4.78, 5) is 22.2. The summed E-state index contributed by atoms with van der Waals surface area (Å²) in [7, 11) is 0. The third-order valence-electron chi connectivity index (χ3n) is 2.97. The van der Waals surface area contributed by atoms with E-state index in [-0.39, 0.29) is 10.6 Å². The van der Waals surface area contributed by atoms with Crippen molar-refractivity contribution in [2.24, 2.45) is 11.5 Å². The van der Waals surface area contributed by atoms with Crippen LogP contribution in [0, 0.1) is 10.1 Å². The Hall–Kier alpha value is -1.60. The zero-order chi connectivity index (χ0) is 15.2. The van der Waals surface area contributed by atoms with E-state index in [1.807, 2.05) is 0 Å². The Morgan fingerprint density at radius 3 is 2.65 bits per heavy atom. The maximum atomic E-state index is 11.0. The first kappa shape index (κ1) is 16.5. The Morgan fingerprint density at radius 1 is 1.40 bits per heavy atom. The fourth-order valence-electron chi connectivity index (χ4n) is 1.63. The largest absolute Gasteiger partial charge is 0.368 e. The highest BCUT2D eigenvalue weighted by Crippen LogP contribution is 2.29. The highest BCUT2D eigenvalue weighted by atomic mass is 32.2. The minimum absolute atomic E-state index is 0.123. The third-order valence-corrected chi connectivity index (χ3v) is 4.12. The van der Waals surface area contributed by atoms with Gasteiger partial charge in [0.2, 0.25) is 5.91 Å². The molecule has 4 N–H and O–H groups in total. The first-order chi connectivity index (χ1) is 9.34. The number of carbonyl (C=O) groups excluding carboxylic acids is 1. The van der Waals surface area contributed by atoms with Crippen LogP contribution in [0.3, 0.4) is 0 Å². The van der Waals surface area contributed by atoms with Crippen molar-refractivity contribution in [2.45, 2.75) is 36.6 Å². The molecule has 0 heterocycles. The minimum Gasteiger partial charge on any atom is -0.368 e. The van der Waals surface area contributed by atoms with Crippen molar-refractivity contribution in [3.63, 3.8) is 0 Å². The van der Waals surface area contributed by atoms with Crippen molar-refractivity contribution in [1.82, 2.24) is 0 Å². The number of para-hydroxylation sites is 1. The predicted molar refractivity (Wildman–Crippen MR) is 79.5 cm³/mol. The molecule has 1 amide bonds. The van der Waals surface area contributed by atoms with E-state index in [0.717, 1.165) is 18.6 Å². The standard InChI is InChI=1S/C13H19N3O3S/c1-13(15,12(14)17)8-4-5-9-20-11-7-3-2-6-10(11)16(18)19/h2-3,6-7H,4-5,8-9,15H2,1H3,(H2,14,17). The summed E-state index contributed by atoms with van der Waals surface area (Å²) in [5, 5.41) is 10.8. The molecule has 0 aliphatic carbocycles. The van der Waals surface area contributed by atoms with Gasteiger partial charge in [0.05, 0.1) is 15.4 Å². The van der Waals surface area contributed by atoms with Crippen LogP contribution in [0.2, 0.25) is 0 Å². The van der Waals surface area contributed by atoms with E-state index in [4.69, 9.17) is 11.5 Å². The van der Waals surface area contributed by atoms with Crippen molar-refractivity contribution in [3.05, 3.63) is 34.4 Å². The molecule has 7 heteroatoms. The maximum absolute atomic E-state index is 11.0. The van der Waals surface area contributed by atoms with Gasteiger partial charge in [0, 0.05) is 6.07 Å². The zero-order valence-corrected chi connectivity index (χ0v) is 12.2. The van der Waals surface area contributed by atoms with Crippen molar-refractivity contribution in [3.8, 4) is 0 Å². The molecule has 1 atom stereocenters. The molecule has 0 aromatic heterocycles. The molecular formula is C13H19N3O3S. The first-order valence-corrected chi connectivity index (χ1v) is 7.28. The molecule has 6 nitrogen and oxygen atoms in total. The van der Waals surface area contributed by atoms with Crippen LogP contribution >= 0.6 is 11.8 Å². The molecule has 1 unspecified atom stereocenters. The molecule has 0 saturated carbocycles. The Kier molecular flexibility index (Phi) is 5.97. The van der Waals surface area contributed by atoms with E-state index < -0.39 is 11.4 Å². The van der Waals surface area contributed by atoms with Gasteiger partial charge in [0.25, 0.3) is 5.69 Å². The van der Waals surface area contributed by atoms with Gasteiger partial charge in [-0.15, -0.1) is 11.8 Å². The van der Waals surface area contributed by atoms with Crippen LogP contribution in [0.4, 0.5) is 5.69 Å². The number of nitrogens with two attached hydrogens (primary N) is 2. The molecular weight excluding hydrogens is 278 g/mol. The summed E-state index contributed by atoms with van der Waals surface area (Å²) in [6.07, 6.45) is 2.08. The molecule has 0 fully saturated rings. The van der Waals surface area contributed by atoms with Crippen molar-refractivity contribution < 1.29 is 9.72 Å². The van der Waals surface area contributed by atoms with E-state index in [0.29, 0.717) is 11.3 Å². The van der Waals surface area contributed by atoms with Gasteiger partial charge in [-0.25, -0.2) is 0 Å². The fourth-order valence-corrected chi connectivity index (χ4v) is 2.66.